The highest BCUT2D eigenvalue weighted by atomic mass is 15.3. The van der Waals surface area contributed by atoms with Crippen LogP contribution in [0.1, 0.15) is 24.3 Å². The van der Waals surface area contributed by atoms with E-state index in [4.69, 9.17) is 5.84 Å². The van der Waals surface area contributed by atoms with Crippen LogP contribution in [0.4, 0.5) is 5.82 Å². The smallest absolute Gasteiger partial charge is 0.150 e. The van der Waals surface area contributed by atoms with Crippen LogP contribution in [0.3, 0.4) is 0 Å². The number of imidazole rings is 1. The molecule has 0 saturated carbocycles. The maximum Gasteiger partial charge on any atom is 0.150 e. The van der Waals surface area contributed by atoms with Gasteiger partial charge < -0.3 is 9.99 Å². The van der Waals surface area contributed by atoms with Crippen molar-refractivity contribution >= 4 is 5.82 Å². The van der Waals surface area contributed by atoms with Gasteiger partial charge in [0.1, 0.15) is 11.6 Å². The molecule has 0 saturated heterocycles. The van der Waals surface area contributed by atoms with Gasteiger partial charge in [-0.05, 0) is 6.92 Å². The fourth-order valence-corrected chi connectivity index (χ4v) is 1.73. The summed E-state index contributed by atoms with van der Waals surface area (Å²) in [5.41, 5.74) is 3.43. The largest absolute Gasteiger partial charge is 0.327 e. The van der Waals surface area contributed by atoms with Gasteiger partial charge in [0.15, 0.2) is 5.82 Å². The van der Waals surface area contributed by atoms with Gasteiger partial charge >= 0.3 is 0 Å². The molecule has 0 fully saturated rings. The highest BCUT2D eigenvalue weighted by Gasteiger charge is 2.05. The number of nitrogens with one attached hydrogen (secondary N) is 1. The molecule has 0 spiro atoms. The van der Waals surface area contributed by atoms with E-state index >= 15 is 0 Å². The van der Waals surface area contributed by atoms with Crippen LogP contribution >= 0.6 is 0 Å². The second kappa shape index (κ2) is 4.92. The molecule has 0 atom stereocenters. The fraction of sp³-hybridized carbons (Fsp3) is 0.364. The Balaban J connectivity index is 2.26. The Hall–Kier alpha value is -1.95. The average molecular weight is 232 g/mol. The number of nitrogen functional groups attached to an aromatic ring is 1. The van der Waals surface area contributed by atoms with Crippen molar-refractivity contribution in [3.8, 4) is 0 Å². The van der Waals surface area contributed by atoms with Crippen LogP contribution in [0.5, 0.6) is 0 Å². The van der Waals surface area contributed by atoms with E-state index in [0.29, 0.717) is 12.4 Å². The van der Waals surface area contributed by atoms with E-state index < -0.39 is 0 Å². The summed E-state index contributed by atoms with van der Waals surface area (Å²) in [4.78, 5) is 12.9. The lowest BCUT2D eigenvalue weighted by molar-refractivity contribution is 0.694. The highest BCUT2D eigenvalue weighted by Crippen LogP contribution is 2.07. The van der Waals surface area contributed by atoms with E-state index in [-0.39, 0.29) is 0 Å². The lowest BCUT2D eigenvalue weighted by atomic mass is 10.4. The Kier molecular flexibility index (Phi) is 3.34. The number of hydrogen-bond donors (Lipinski definition) is 2. The van der Waals surface area contributed by atoms with Crippen LogP contribution in [0.2, 0.25) is 0 Å². The van der Waals surface area contributed by atoms with E-state index in [2.05, 4.69) is 27.3 Å². The normalized spacial score (nSPS) is 10.5. The van der Waals surface area contributed by atoms with Crippen molar-refractivity contribution in [3.63, 3.8) is 0 Å². The van der Waals surface area contributed by atoms with Crippen molar-refractivity contribution in [2.24, 2.45) is 5.84 Å². The van der Waals surface area contributed by atoms with Crippen LogP contribution in [0.25, 0.3) is 0 Å². The number of hydrogen-bond acceptors (Lipinski definition) is 5. The molecule has 3 N–H and O–H groups in total. The number of hydrazine groups is 1. The molecule has 0 aromatic carbocycles. The minimum Gasteiger partial charge on any atom is -0.327 e. The van der Waals surface area contributed by atoms with Crippen LogP contribution in [-0.4, -0.2) is 19.5 Å². The number of rotatable bonds is 4. The molecule has 90 valence electrons. The van der Waals surface area contributed by atoms with Crippen molar-refractivity contribution in [2.75, 3.05) is 5.43 Å². The summed E-state index contributed by atoms with van der Waals surface area (Å²) in [6, 6.07) is 1.80. The van der Waals surface area contributed by atoms with E-state index in [1.807, 2.05) is 17.7 Å². The Morgan fingerprint density at radius 2 is 2.24 bits per heavy atom. The second-order valence-electron chi connectivity index (χ2n) is 3.78. The highest BCUT2D eigenvalue weighted by molar-refractivity contribution is 5.34. The molecule has 0 aliphatic rings. The molecular weight excluding hydrogens is 216 g/mol. The minimum absolute atomic E-state index is 0.611. The van der Waals surface area contributed by atoms with Gasteiger partial charge in [0, 0.05) is 30.6 Å². The summed E-state index contributed by atoms with van der Waals surface area (Å²) < 4.78 is 2.04. The first-order valence-corrected chi connectivity index (χ1v) is 5.54. The van der Waals surface area contributed by atoms with E-state index in [0.717, 1.165) is 23.8 Å². The van der Waals surface area contributed by atoms with E-state index in [1.165, 1.54) is 0 Å². The fourth-order valence-electron chi connectivity index (χ4n) is 1.73. The number of nitrogens with two attached hydrogens (primary N) is 1. The van der Waals surface area contributed by atoms with Crippen LogP contribution in [-0.2, 0) is 13.0 Å². The first-order chi connectivity index (χ1) is 8.22. The summed E-state index contributed by atoms with van der Waals surface area (Å²) in [7, 11) is 0. The quantitative estimate of drug-likeness (QED) is 0.604. The summed E-state index contributed by atoms with van der Waals surface area (Å²) in [6.45, 7) is 4.60. The second-order valence-corrected chi connectivity index (χ2v) is 3.78. The predicted molar refractivity (Wildman–Crippen MR) is 65.3 cm³/mol. The standard InChI is InChI=1S/C11H16N6/c1-3-11-13-4-5-17(11)7-10-14-8(2)6-9(15-10)16-12/h4-6H,3,7,12H2,1-2H3,(H,14,15,16). The van der Waals surface area contributed by atoms with Gasteiger partial charge in [-0.1, -0.05) is 6.92 Å². The lowest BCUT2D eigenvalue weighted by Gasteiger charge is -2.07. The zero-order valence-electron chi connectivity index (χ0n) is 10.0. The molecule has 0 amide bonds. The Morgan fingerprint density at radius 3 is 2.94 bits per heavy atom. The summed E-state index contributed by atoms with van der Waals surface area (Å²) in [5.74, 6) is 7.74. The molecule has 0 aliphatic carbocycles. The summed E-state index contributed by atoms with van der Waals surface area (Å²) in [5, 5.41) is 0. The molecule has 2 rings (SSSR count). The first-order valence-electron chi connectivity index (χ1n) is 5.54. The third-order valence-electron chi connectivity index (χ3n) is 2.48. The van der Waals surface area contributed by atoms with Crippen molar-refractivity contribution < 1.29 is 0 Å². The monoisotopic (exact) mass is 232 g/mol. The molecule has 17 heavy (non-hydrogen) atoms. The van der Waals surface area contributed by atoms with E-state index in [1.54, 1.807) is 12.3 Å². The Labute approximate surface area is 99.9 Å². The number of anilines is 1. The molecule has 2 aromatic heterocycles. The van der Waals surface area contributed by atoms with Crippen LogP contribution < -0.4 is 11.3 Å². The van der Waals surface area contributed by atoms with Crippen molar-refractivity contribution in [2.45, 2.75) is 26.8 Å². The minimum atomic E-state index is 0.611. The third-order valence-corrected chi connectivity index (χ3v) is 2.48. The Morgan fingerprint density at radius 1 is 1.41 bits per heavy atom. The number of aryl methyl sites for hydroxylation is 2. The van der Waals surface area contributed by atoms with Gasteiger partial charge in [-0.3, -0.25) is 0 Å². The van der Waals surface area contributed by atoms with Gasteiger partial charge in [-0.15, -0.1) is 0 Å². The topological polar surface area (TPSA) is 81.7 Å². The van der Waals surface area contributed by atoms with Gasteiger partial charge in [0.25, 0.3) is 0 Å². The number of nitrogens with zero attached hydrogens (tertiary/aromatic N) is 4. The number of aromatic nitrogens is 4. The molecular formula is C11H16N6. The van der Waals surface area contributed by atoms with Crippen molar-refractivity contribution in [3.05, 3.63) is 35.8 Å². The predicted octanol–water partition coefficient (Wildman–Crippen LogP) is 0.878. The molecule has 2 aromatic rings. The molecule has 0 radical (unpaired) electrons. The molecule has 0 aliphatic heterocycles. The summed E-state index contributed by atoms with van der Waals surface area (Å²) >= 11 is 0. The lowest BCUT2D eigenvalue weighted by Crippen LogP contribution is -2.13. The molecule has 6 heteroatoms. The van der Waals surface area contributed by atoms with Crippen LogP contribution in [0, 0.1) is 6.92 Å². The van der Waals surface area contributed by atoms with Crippen LogP contribution in [0.15, 0.2) is 18.5 Å². The SMILES string of the molecule is CCc1nccn1Cc1nc(C)cc(NN)n1. The zero-order valence-corrected chi connectivity index (χ0v) is 10.0. The van der Waals surface area contributed by atoms with Gasteiger partial charge in [0.2, 0.25) is 0 Å². The van der Waals surface area contributed by atoms with Gasteiger partial charge in [-0.25, -0.2) is 20.8 Å². The van der Waals surface area contributed by atoms with Crippen molar-refractivity contribution in [1.82, 2.24) is 19.5 Å². The zero-order chi connectivity index (χ0) is 12.3. The third kappa shape index (κ3) is 2.59. The van der Waals surface area contributed by atoms with Gasteiger partial charge in [-0.2, -0.15) is 0 Å². The molecule has 6 nitrogen and oxygen atoms in total. The molecule has 2 heterocycles. The maximum atomic E-state index is 5.36. The van der Waals surface area contributed by atoms with E-state index in [9.17, 15) is 0 Å². The molecule has 0 unspecified atom stereocenters. The Bertz CT molecular complexity index is 504. The first kappa shape index (κ1) is 11.5. The average Bonchev–Trinajstić information content (AvgIpc) is 2.75. The summed E-state index contributed by atoms with van der Waals surface area (Å²) in [6.07, 6.45) is 4.61. The van der Waals surface area contributed by atoms with Crippen molar-refractivity contribution in [1.29, 1.82) is 0 Å². The van der Waals surface area contributed by atoms with Gasteiger partial charge in [0.05, 0.1) is 6.54 Å². The molecule has 0 bridgehead atoms. The maximum absolute atomic E-state index is 5.36.